The Balaban J connectivity index is 1.25. The fraction of sp³-hybridized carbons (Fsp3) is 0.576. The van der Waals surface area contributed by atoms with Crippen molar-refractivity contribution < 1.29 is 45.5 Å². The molecule has 0 unspecified atom stereocenters. The van der Waals surface area contributed by atoms with Crippen LogP contribution < -0.4 is 15.4 Å². The van der Waals surface area contributed by atoms with Crippen molar-refractivity contribution in [1.29, 1.82) is 0 Å². The maximum Gasteiger partial charge on any atom is 0.412 e. The molecule has 5 atom stereocenters. The zero-order valence-electron chi connectivity index (χ0n) is 26.8. The first-order valence-corrected chi connectivity index (χ1v) is 18.1. The van der Waals surface area contributed by atoms with E-state index in [1.54, 1.807) is 0 Å². The van der Waals surface area contributed by atoms with Crippen molar-refractivity contribution in [3.05, 3.63) is 53.6 Å². The van der Waals surface area contributed by atoms with Crippen molar-refractivity contribution in [3.63, 3.8) is 0 Å². The second-order valence-corrected chi connectivity index (χ2v) is 15.4. The highest BCUT2D eigenvalue weighted by Crippen LogP contribution is 2.45. The molecule has 3 heterocycles. The summed E-state index contributed by atoms with van der Waals surface area (Å²) in [6.07, 6.45) is 1.31. The van der Waals surface area contributed by atoms with Gasteiger partial charge in [-0.1, -0.05) is 42.8 Å². The van der Waals surface area contributed by atoms with Crippen LogP contribution in [0.2, 0.25) is 0 Å². The molecular formula is C33H40F3N5O7S. The van der Waals surface area contributed by atoms with E-state index in [4.69, 9.17) is 4.74 Å². The Morgan fingerprint density at radius 2 is 1.90 bits per heavy atom. The summed E-state index contributed by atoms with van der Waals surface area (Å²) >= 11 is 0. The van der Waals surface area contributed by atoms with Gasteiger partial charge in [0.2, 0.25) is 21.8 Å². The van der Waals surface area contributed by atoms with Gasteiger partial charge in [-0.25, -0.2) is 13.2 Å². The summed E-state index contributed by atoms with van der Waals surface area (Å²) in [7, 11) is -3.98. The molecule has 16 heteroatoms. The number of nitrogens with one attached hydrogen (secondary N) is 3. The second-order valence-electron chi connectivity index (χ2n) is 13.5. The molecule has 2 aliphatic carbocycles. The van der Waals surface area contributed by atoms with E-state index < -0.39 is 81.5 Å². The molecule has 4 amide bonds. The minimum absolute atomic E-state index is 0.00671. The molecule has 1 aromatic rings. The predicted molar refractivity (Wildman–Crippen MR) is 171 cm³/mol. The van der Waals surface area contributed by atoms with Crippen LogP contribution >= 0.6 is 0 Å². The number of alkyl halides is 3. The highest BCUT2D eigenvalue weighted by molar-refractivity contribution is 7.91. The number of hydrogen-bond acceptors (Lipinski definition) is 8. The number of carbonyl (C=O) groups is 4. The molecule has 5 aliphatic rings. The zero-order valence-corrected chi connectivity index (χ0v) is 27.7. The third kappa shape index (κ3) is 7.35. The second kappa shape index (κ2) is 13.4. The van der Waals surface area contributed by atoms with E-state index in [0.29, 0.717) is 32.1 Å². The number of sulfonamides is 1. The molecule has 3 aliphatic heterocycles. The van der Waals surface area contributed by atoms with Crippen molar-refractivity contribution in [3.8, 4) is 0 Å². The van der Waals surface area contributed by atoms with Gasteiger partial charge < -0.3 is 15.0 Å². The van der Waals surface area contributed by atoms with Crippen LogP contribution in [0.4, 0.5) is 18.0 Å². The summed E-state index contributed by atoms with van der Waals surface area (Å²) in [5, 5.41) is 4.13. The highest BCUT2D eigenvalue weighted by Gasteiger charge is 2.62. The Labute approximate surface area is 282 Å². The van der Waals surface area contributed by atoms with Crippen molar-refractivity contribution in [1.82, 2.24) is 25.2 Å². The lowest BCUT2D eigenvalue weighted by molar-refractivity contribution is -0.177. The molecule has 1 saturated heterocycles. The van der Waals surface area contributed by atoms with Gasteiger partial charge in [0.15, 0.2) is 6.04 Å². The Bertz CT molecular complexity index is 1660. The van der Waals surface area contributed by atoms with Crippen LogP contribution in [0.3, 0.4) is 0 Å². The number of carbonyl (C=O) groups excluding carboxylic acids is 4. The molecular weight excluding hydrogens is 667 g/mol. The molecule has 2 saturated carbocycles. The smallest absolute Gasteiger partial charge is 0.412 e. The number of allylic oxidation sites excluding steroid dienone is 1. The number of nitrogens with zero attached hydrogens (tertiary/aromatic N) is 2. The number of halogens is 3. The van der Waals surface area contributed by atoms with E-state index in [2.05, 4.69) is 17.2 Å². The molecule has 0 radical (unpaired) electrons. The molecule has 0 spiro atoms. The van der Waals surface area contributed by atoms with Crippen LogP contribution in [-0.2, 0) is 42.2 Å². The third-order valence-corrected chi connectivity index (χ3v) is 11.7. The molecule has 49 heavy (non-hydrogen) atoms. The standard InChI is InChI=1S/C33H40F3N5O7S/c1-2-22-16-32(22,30(44)39-49(46,47)24-12-13-24)38-28(42)26-15-23-18-41(26)29(43)27(33(34,35)36)37-14-7-5-3-4-6-9-20-10-8-11-21-17-40(19-25(20)21)31(45)48-23/h2,6,8-11,22-24,26-27,37H,1,3-5,7,12-19H2,(H,38,42)(H,39,44)/t22-,23-,26+,27-,32-/m1/s1. The summed E-state index contributed by atoms with van der Waals surface area (Å²) in [5.74, 6) is -4.03. The maximum absolute atomic E-state index is 14.3. The number of benzene rings is 1. The number of ether oxygens (including phenoxy) is 1. The molecule has 12 nitrogen and oxygen atoms in total. The van der Waals surface area contributed by atoms with E-state index in [0.717, 1.165) is 28.0 Å². The van der Waals surface area contributed by atoms with Gasteiger partial charge in [-0.15, -0.1) is 6.58 Å². The molecule has 266 valence electrons. The van der Waals surface area contributed by atoms with Crippen LogP contribution in [0.5, 0.6) is 0 Å². The quantitative estimate of drug-likeness (QED) is 0.382. The summed E-state index contributed by atoms with van der Waals surface area (Å²) in [4.78, 5) is 56.3. The highest BCUT2D eigenvalue weighted by atomic mass is 32.2. The monoisotopic (exact) mass is 707 g/mol. The van der Waals surface area contributed by atoms with Crippen molar-refractivity contribution >= 4 is 39.9 Å². The summed E-state index contributed by atoms with van der Waals surface area (Å²) < 4.78 is 75.8. The van der Waals surface area contributed by atoms with Crippen LogP contribution in [0.1, 0.15) is 68.1 Å². The minimum Gasteiger partial charge on any atom is -0.444 e. The molecule has 3 fully saturated rings. The van der Waals surface area contributed by atoms with E-state index in [9.17, 15) is 40.8 Å². The number of hydrogen-bond donors (Lipinski definition) is 3. The van der Waals surface area contributed by atoms with Crippen LogP contribution in [0.15, 0.2) is 36.9 Å². The predicted octanol–water partition coefficient (Wildman–Crippen LogP) is 2.89. The Hall–Kier alpha value is -3.92. The van der Waals surface area contributed by atoms with Gasteiger partial charge in [-0.05, 0) is 61.8 Å². The largest absolute Gasteiger partial charge is 0.444 e. The Kier molecular flexibility index (Phi) is 9.56. The van der Waals surface area contributed by atoms with E-state index in [1.165, 1.54) is 11.0 Å². The average molecular weight is 708 g/mol. The molecule has 4 bridgehead atoms. The van der Waals surface area contributed by atoms with Gasteiger partial charge in [0.05, 0.1) is 18.3 Å². The Morgan fingerprint density at radius 3 is 2.59 bits per heavy atom. The minimum atomic E-state index is -5.00. The lowest BCUT2D eigenvalue weighted by Gasteiger charge is -2.30. The number of fused-ring (bicyclic) bond motifs is 3. The van der Waals surface area contributed by atoms with Gasteiger partial charge in [0.25, 0.3) is 5.91 Å². The first kappa shape index (κ1) is 34.9. The first-order valence-electron chi connectivity index (χ1n) is 16.6. The van der Waals surface area contributed by atoms with E-state index >= 15 is 0 Å². The normalized spacial score (nSPS) is 29.4. The van der Waals surface area contributed by atoms with Gasteiger partial charge in [0, 0.05) is 18.9 Å². The van der Waals surface area contributed by atoms with Crippen LogP contribution in [-0.4, -0.2) is 90.3 Å². The Morgan fingerprint density at radius 1 is 1.12 bits per heavy atom. The van der Waals surface area contributed by atoms with Crippen LogP contribution in [0, 0.1) is 5.92 Å². The van der Waals surface area contributed by atoms with Gasteiger partial charge in [-0.3, -0.25) is 29.3 Å². The van der Waals surface area contributed by atoms with Crippen molar-refractivity contribution in [2.45, 2.75) is 99.6 Å². The summed E-state index contributed by atoms with van der Waals surface area (Å²) in [6, 6.07) is 1.57. The lowest BCUT2D eigenvalue weighted by atomic mass is 10.0. The molecule has 0 aromatic heterocycles. The molecule has 3 N–H and O–H groups in total. The summed E-state index contributed by atoms with van der Waals surface area (Å²) in [6.45, 7) is 3.55. The van der Waals surface area contributed by atoms with Gasteiger partial charge in [-0.2, -0.15) is 13.2 Å². The molecule has 6 rings (SSSR count). The van der Waals surface area contributed by atoms with E-state index in [-0.39, 0.29) is 32.5 Å². The fourth-order valence-electron chi connectivity index (χ4n) is 6.87. The number of amides is 4. The van der Waals surface area contributed by atoms with Gasteiger partial charge >= 0.3 is 12.3 Å². The van der Waals surface area contributed by atoms with Crippen molar-refractivity contribution in [2.24, 2.45) is 5.92 Å². The van der Waals surface area contributed by atoms with E-state index in [1.807, 2.05) is 35.1 Å². The lowest BCUT2D eigenvalue weighted by Crippen LogP contribution is -2.60. The SMILES string of the molecule is C=C[C@@H]1C[C@]1(NC(=O)[C@@H]1C[C@@H]2CN1C(=O)[C@H](C(F)(F)F)NCCCCCC=Cc1cccc3c1CN(C3)C(=O)O2)C(=O)NS(=O)(=O)C1CC1. The maximum atomic E-state index is 14.3. The zero-order chi connectivity index (χ0) is 35.1. The topological polar surface area (TPSA) is 154 Å². The molecule has 1 aromatic carbocycles. The number of rotatable bonds is 6. The van der Waals surface area contributed by atoms with Crippen LogP contribution in [0.25, 0.3) is 6.08 Å². The first-order chi connectivity index (χ1) is 23.2. The fourth-order valence-corrected chi connectivity index (χ4v) is 8.24. The summed E-state index contributed by atoms with van der Waals surface area (Å²) in [5.41, 5.74) is 1.13. The average Bonchev–Trinajstić information content (AvgIpc) is 3.93. The third-order valence-electron chi connectivity index (χ3n) is 9.91. The van der Waals surface area contributed by atoms with Crippen molar-refractivity contribution in [2.75, 3.05) is 13.1 Å². The van der Waals surface area contributed by atoms with Gasteiger partial charge in [0.1, 0.15) is 17.7 Å².